The average Bonchev–Trinajstić information content (AvgIpc) is 2.28. The second-order valence-electron chi connectivity index (χ2n) is 4.36. The van der Waals surface area contributed by atoms with E-state index in [0.29, 0.717) is 12.6 Å². The van der Waals surface area contributed by atoms with Gasteiger partial charge in [-0.05, 0) is 33.1 Å². The van der Waals surface area contributed by atoms with Gasteiger partial charge in [0.2, 0.25) is 0 Å². The summed E-state index contributed by atoms with van der Waals surface area (Å²) >= 11 is 0. The van der Waals surface area contributed by atoms with Gasteiger partial charge in [0.15, 0.2) is 0 Å². The van der Waals surface area contributed by atoms with Crippen molar-refractivity contribution >= 4 is 5.97 Å². The number of hydrogen-bond acceptors (Lipinski definition) is 3. The van der Waals surface area contributed by atoms with Gasteiger partial charge in [-0.2, -0.15) is 0 Å². The summed E-state index contributed by atoms with van der Waals surface area (Å²) in [5, 5.41) is 3.44. The van der Waals surface area contributed by atoms with Gasteiger partial charge in [-0.3, -0.25) is 10.1 Å². The van der Waals surface area contributed by atoms with Crippen LogP contribution in [0.2, 0.25) is 0 Å². The Morgan fingerprint density at radius 3 is 2.31 bits per heavy atom. The van der Waals surface area contributed by atoms with Crippen LogP contribution in [0.3, 0.4) is 0 Å². The topological polar surface area (TPSA) is 38.3 Å². The SMILES string of the molecule is CCCC(CC)(NC(C)CC)C(=O)OCC. The molecule has 0 heterocycles. The normalized spacial score (nSPS) is 16.6. The van der Waals surface area contributed by atoms with E-state index in [4.69, 9.17) is 4.74 Å². The third kappa shape index (κ3) is 4.12. The van der Waals surface area contributed by atoms with Crippen LogP contribution in [0.5, 0.6) is 0 Å². The van der Waals surface area contributed by atoms with Gasteiger partial charge >= 0.3 is 5.97 Å². The summed E-state index contributed by atoms with van der Waals surface area (Å²) in [5.41, 5.74) is -0.486. The Labute approximate surface area is 99.9 Å². The standard InChI is InChI=1S/C13H27NO2/c1-6-10-13(8-3,12(15)16-9-4)14-11(5)7-2/h11,14H,6-10H2,1-5H3. The number of carbonyl (C=O) groups is 1. The minimum absolute atomic E-state index is 0.0975. The van der Waals surface area contributed by atoms with Crippen LogP contribution < -0.4 is 5.32 Å². The Balaban J connectivity index is 4.75. The lowest BCUT2D eigenvalue weighted by atomic mass is 9.89. The highest BCUT2D eigenvalue weighted by Crippen LogP contribution is 2.21. The molecule has 0 aliphatic rings. The van der Waals surface area contributed by atoms with Gasteiger partial charge in [0.25, 0.3) is 0 Å². The van der Waals surface area contributed by atoms with E-state index in [0.717, 1.165) is 25.7 Å². The van der Waals surface area contributed by atoms with E-state index >= 15 is 0 Å². The maximum atomic E-state index is 12.1. The molecule has 0 radical (unpaired) electrons. The molecule has 16 heavy (non-hydrogen) atoms. The summed E-state index contributed by atoms with van der Waals surface area (Å²) in [6.45, 7) is 10.7. The van der Waals surface area contributed by atoms with Crippen LogP contribution in [0.4, 0.5) is 0 Å². The predicted molar refractivity (Wildman–Crippen MR) is 67.5 cm³/mol. The van der Waals surface area contributed by atoms with Gasteiger partial charge in [0.05, 0.1) is 6.61 Å². The van der Waals surface area contributed by atoms with Crippen molar-refractivity contribution in [3.05, 3.63) is 0 Å². The molecule has 0 aliphatic heterocycles. The van der Waals surface area contributed by atoms with E-state index in [2.05, 4.69) is 26.1 Å². The molecule has 0 rings (SSSR count). The molecule has 3 heteroatoms. The summed E-state index contributed by atoms with van der Waals surface area (Å²) in [7, 11) is 0. The summed E-state index contributed by atoms with van der Waals surface area (Å²) < 4.78 is 5.19. The lowest BCUT2D eigenvalue weighted by Crippen LogP contribution is -2.55. The number of nitrogens with one attached hydrogen (secondary N) is 1. The van der Waals surface area contributed by atoms with Gasteiger partial charge in [0, 0.05) is 6.04 Å². The minimum atomic E-state index is -0.486. The van der Waals surface area contributed by atoms with Gasteiger partial charge in [-0.15, -0.1) is 0 Å². The van der Waals surface area contributed by atoms with Gasteiger partial charge in [-0.1, -0.05) is 27.2 Å². The third-order valence-corrected chi connectivity index (χ3v) is 3.08. The smallest absolute Gasteiger partial charge is 0.326 e. The molecular weight excluding hydrogens is 202 g/mol. The first kappa shape index (κ1) is 15.4. The molecular formula is C13H27NO2. The first-order chi connectivity index (χ1) is 7.56. The zero-order chi connectivity index (χ0) is 12.6. The van der Waals surface area contributed by atoms with Gasteiger partial charge < -0.3 is 4.74 Å². The van der Waals surface area contributed by atoms with Crippen molar-refractivity contribution in [1.29, 1.82) is 0 Å². The Kier molecular flexibility index (Phi) is 7.39. The summed E-state index contributed by atoms with van der Waals surface area (Å²) in [5.74, 6) is -0.0975. The first-order valence-electron chi connectivity index (χ1n) is 6.51. The molecule has 0 bridgehead atoms. The van der Waals surface area contributed by atoms with E-state index in [1.54, 1.807) is 0 Å². The molecule has 0 saturated heterocycles. The summed E-state index contributed by atoms with van der Waals surface area (Å²) in [4.78, 5) is 12.1. The number of rotatable bonds is 8. The molecule has 2 atom stereocenters. The van der Waals surface area contributed by atoms with E-state index < -0.39 is 5.54 Å². The molecule has 0 fully saturated rings. The number of ether oxygens (including phenoxy) is 1. The fourth-order valence-electron chi connectivity index (χ4n) is 1.93. The van der Waals surface area contributed by atoms with Crippen LogP contribution in [-0.4, -0.2) is 24.2 Å². The van der Waals surface area contributed by atoms with E-state index in [-0.39, 0.29) is 5.97 Å². The average molecular weight is 229 g/mol. The van der Waals surface area contributed by atoms with Crippen LogP contribution in [-0.2, 0) is 9.53 Å². The van der Waals surface area contributed by atoms with E-state index in [1.165, 1.54) is 0 Å². The molecule has 0 aliphatic carbocycles. The number of hydrogen-bond donors (Lipinski definition) is 1. The number of esters is 1. The quantitative estimate of drug-likeness (QED) is 0.650. The van der Waals surface area contributed by atoms with Crippen molar-refractivity contribution in [2.24, 2.45) is 0 Å². The van der Waals surface area contributed by atoms with Crippen LogP contribution >= 0.6 is 0 Å². The summed E-state index contributed by atoms with van der Waals surface area (Å²) in [6, 6.07) is 0.343. The summed E-state index contributed by atoms with van der Waals surface area (Å²) in [6.07, 6.45) is 3.62. The Hall–Kier alpha value is -0.570. The molecule has 0 aromatic heterocycles. The second kappa shape index (κ2) is 7.66. The molecule has 0 spiro atoms. The zero-order valence-electron chi connectivity index (χ0n) is 11.4. The van der Waals surface area contributed by atoms with Crippen molar-refractivity contribution in [1.82, 2.24) is 5.32 Å². The van der Waals surface area contributed by atoms with Crippen LogP contribution in [0.1, 0.15) is 60.3 Å². The fraction of sp³-hybridized carbons (Fsp3) is 0.923. The molecule has 3 nitrogen and oxygen atoms in total. The molecule has 1 N–H and O–H groups in total. The van der Waals surface area contributed by atoms with Crippen molar-refractivity contribution in [2.75, 3.05) is 6.61 Å². The van der Waals surface area contributed by atoms with E-state index in [1.807, 2.05) is 13.8 Å². The highest BCUT2D eigenvalue weighted by Gasteiger charge is 2.37. The van der Waals surface area contributed by atoms with Crippen molar-refractivity contribution in [2.45, 2.75) is 71.9 Å². The fourth-order valence-corrected chi connectivity index (χ4v) is 1.93. The maximum absolute atomic E-state index is 12.1. The second-order valence-corrected chi connectivity index (χ2v) is 4.36. The Bertz CT molecular complexity index is 206. The first-order valence-corrected chi connectivity index (χ1v) is 6.51. The molecule has 0 saturated carbocycles. The molecule has 2 unspecified atom stereocenters. The lowest BCUT2D eigenvalue weighted by Gasteiger charge is -2.34. The third-order valence-electron chi connectivity index (χ3n) is 3.08. The lowest BCUT2D eigenvalue weighted by molar-refractivity contribution is -0.152. The zero-order valence-corrected chi connectivity index (χ0v) is 11.4. The minimum Gasteiger partial charge on any atom is -0.465 e. The number of carbonyl (C=O) groups excluding carboxylic acids is 1. The van der Waals surface area contributed by atoms with Crippen LogP contribution in [0.25, 0.3) is 0 Å². The van der Waals surface area contributed by atoms with E-state index in [9.17, 15) is 4.79 Å². The van der Waals surface area contributed by atoms with Crippen LogP contribution in [0.15, 0.2) is 0 Å². The maximum Gasteiger partial charge on any atom is 0.326 e. The molecule has 0 aromatic carbocycles. The Morgan fingerprint density at radius 2 is 1.94 bits per heavy atom. The monoisotopic (exact) mass is 229 g/mol. The van der Waals surface area contributed by atoms with Crippen LogP contribution in [0, 0.1) is 0 Å². The molecule has 96 valence electrons. The predicted octanol–water partition coefficient (Wildman–Crippen LogP) is 2.89. The van der Waals surface area contributed by atoms with Crippen molar-refractivity contribution in [3.63, 3.8) is 0 Å². The van der Waals surface area contributed by atoms with Gasteiger partial charge in [-0.25, -0.2) is 0 Å². The largest absolute Gasteiger partial charge is 0.465 e. The van der Waals surface area contributed by atoms with Crippen molar-refractivity contribution < 1.29 is 9.53 Å². The molecule has 0 amide bonds. The van der Waals surface area contributed by atoms with Gasteiger partial charge in [0.1, 0.15) is 5.54 Å². The Morgan fingerprint density at radius 1 is 1.31 bits per heavy atom. The van der Waals surface area contributed by atoms with Crippen molar-refractivity contribution in [3.8, 4) is 0 Å². The molecule has 0 aromatic rings. The highest BCUT2D eigenvalue weighted by molar-refractivity contribution is 5.80. The highest BCUT2D eigenvalue weighted by atomic mass is 16.5.